The Bertz CT molecular complexity index is 183. The van der Waals surface area contributed by atoms with Crippen LogP contribution in [0.15, 0.2) is 0 Å². The molecule has 0 aliphatic heterocycles. The van der Waals surface area contributed by atoms with Crippen LogP contribution in [0.2, 0.25) is 0 Å². The maximum absolute atomic E-state index is 11.8. The van der Waals surface area contributed by atoms with Crippen molar-refractivity contribution in [2.45, 2.75) is 58.4 Å². The lowest BCUT2D eigenvalue weighted by Gasteiger charge is -2.25. The molecule has 1 unspecified atom stereocenters. The molecule has 1 aliphatic carbocycles. The van der Waals surface area contributed by atoms with Crippen molar-refractivity contribution in [3.63, 3.8) is 0 Å². The summed E-state index contributed by atoms with van der Waals surface area (Å²) in [6.07, 6.45) is 6.01. The Morgan fingerprint density at radius 1 is 1.36 bits per heavy atom. The molecule has 0 amide bonds. The summed E-state index contributed by atoms with van der Waals surface area (Å²) >= 11 is 0. The molecule has 0 aromatic rings. The van der Waals surface area contributed by atoms with Crippen LogP contribution in [0.3, 0.4) is 0 Å². The first-order valence-electron chi connectivity index (χ1n) is 5.91. The van der Waals surface area contributed by atoms with Gasteiger partial charge in [-0.05, 0) is 31.6 Å². The number of rotatable bonds is 4. The Labute approximate surface area is 87.2 Å². The predicted molar refractivity (Wildman–Crippen MR) is 59.0 cm³/mol. The molecule has 0 spiro atoms. The van der Waals surface area contributed by atoms with Crippen molar-refractivity contribution < 1.29 is 4.79 Å². The first-order chi connectivity index (χ1) is 6.63. The van der Waals surface area contributed by atoms with Crippen molar-refractivity contribution in [3.05, 3.63) is 0 Å². The lowest BCUT2D eigenvalue weighted by Crippen LogP contribution is -2.30. The molecule has 1 saturated carbocycles. The number of hydrogen-bond donors (Lipinski definition) is 1. The zero-order valence-electron chi connectivity index (χ0n) is 9.46. The fourth-order valence-corrected chi connectivity index (χ4v) is 2.10. The van der Waals surface area contributed by atoms with Crippen LogP contribution in [-0.4, -0.2) is 11.8 Å². The van der Waals surface area contributed by atoms with Gasteiger partial charge >= 0.3 is 0 Å². The molecule has 82 valence electrons. The standard InChI is InChI=1S/C12H23NO/c1-3-9(2)8-12(14)10-4-6-11(13)7-5-10/h9-11H,3-8,13H2,1-2H3. The molecule has 1 aliphatic rings. The van der Waals surface area contributed by atoms with Crippen molar-refractivity contribution in [1.29, 1.82) is 0 Å². The predicted octanol–water partition coefficient (Wildman–Crippen LogP) is 2.51. The third kappa shape index (κ3) is 3.41. The Kier molecular flexibility index (Phi) is 4.59. The minimum atomic E-state index is 0.323. The zero-order valence-corrected chi connectivity index (χ0v) is 9.46. The van der Waals surface area contributed by atoms with Crippen LogP contribution < -0.4 is 5.73 Å². The van der Waals surface area contributed by atoms with E-state index in [2.05, 4.69) is 13.8 Å². The summed E-state index contributed by atoms with van der Waals surface area (Å²) in [5.74, 6) is 1.35. The molecule has 2 N–H and O–H groups in total. The second kappa shape index (κ2) is 5.50. The molecule has 0 saturated heterocycles. The largest absolute Gasteiger partial charge is 0.328 e. The number of ketones is 1. The fourth-order valence-electron chi connectivity index (χ4n) is 2.10. The highest BCUT2D eigenvalue weighted by Crippen LogP contribution is 2.26. The number of hydrogen-bond acceptors (Lipinski definition) is 2. The van der Waals surface area contributed by atoms with E-state index in [1.807, 2.05) is 0 Å². The van der Waals surface area contributed by atoms with Crippen molar-refractivity contribution in [2.24, 2.45) is 17.6 Å². The first-order valence-corrected chi connectivity index (χ1v) is 5.91. The van der Waals surface area contributed by atoms with Gasteiger partial charge in [-0.3, -0.25) is 4.79 Å². The lowest BCUT2D eigenvalue weighted by molar-refractivity contribution is -0.124. The summed E-state index contributed by atoms with van der Waals surface area (Å²) in [5.41, 5.74) is 5.81. The Balaban J connectivity index is 2.30. The zero-order chi connectivity index (χ0) is 10.6. The molecule has 0 radical (unpaired) electrons. The van der Waals surface area contributed by atoms with Crippen LogP contribution in [-0.2, 0) is 4.79 Å². The highest BCUT2D eigenvalue weighted by atomic mass is 16.1. The van der Waals surface area contributed by atoms with Gasteiger partial charge < -0.3 is 5.73 Å². The quantitative estimate of drug-likeness (QED) is 0.752. The maximum Gasteiger partial charge on any atom is 0.136 e. The van der Waals surface area contributed by atoms with Gasteiger partial charge in [-0.15, -0.1) is 0 Å². The van der Waals surface area contributed by atoms with Crippen LogP contribution in [0.1, 0.15) is 52.4 Å². The molecule has 14 heavy (non-hydrogen) atoms. The van der Waals surface area contributed by atoms with E-state index < -0.39 is 0 Å². The molecule has 1 rings (SSSR count). The third-order valence-electron chi connectivity index (χ3n) is 3.47. The van der Waals surface area contributed by atoms with Crippen molar-refractivity contribution in [1.82, 2.24) is 0 Å². The monoisotopic (exact) mass is 197 g/mol. The molecular formula is C12H23NO. The van der Waals surface area contributed by atoms with Gasteiger partial charge in [0.2, 0.25) is 0 Å². The van der Waals surface area contributed by atoms with Crippen molar-refractivity contribution in [3.8, 4) is 0 Å². The molecule has 1 fully saturated rings. The van der Waals surface area contributed by atoms with E-state index in [4.69, 9.17) is 5.73 Å². The van der Waals surface area contributed by atoms with Crippen LogP contribution in [0, 0.1) is 11.8 Å². The van der Waals surface area contributed by atoms with Gasteiger partial charge in [-0.1, -0.05) is 20.3 Å². The molecule has 2 heteroatoms. The molecule has 0 bridgehead atoms. The van der Waals surface area contributed by atoms with Crippen LogP contribution >= 0.6 is 0 Å². The van der Waals surface area contributed by atoms with E-state index in [0.29, 0.717) is 23.7 Å². The average Bonchev–Trinajstić information content (AvgIpc) is 2.18. The molecule has 0 heterocycles. The third-order valence-corrected chi connectivity index (χ3v) is 3.47. The number of carbonyl (C=O) groups is 1. The lowest BCUT2D eigenvalue weighted by atomic mass is 9.81. The maximum atomic E-state index is 11.8. The molecule has 0 aromatic heterocycles. The summed E-state index contributed by atoms with van der Waals surface area (Å²) in [7, 11) is 0. The van der Waals surface area contributed by atoms with Crippen molar-refractivity contribution in [2.75, 3.05) is 0 Å². The van der Waals surface area contributed by atoms with Gasteiger partial charge in [0, 0.05) is 18.4 Å². The SMILES string of the molecule is CCC(C)CC(=O)C1CCC(N)CC1. The summed E-state index contributed by atoms with van der Waals surface area (Å²) in [4.78, 5) is 11.8. The van der Waals surface area contributed by atoms with Gasteiger partial charge in [0.05, 0.1) is 0 Å². The van der Waals surface area contributed by atoms with Gasteiger partial charge in [-0.2, -0.15) is 0 Å². The Morgan fingerprint density at radius 3 is 2.43 bits per heavy atom. The number of nitrogens with two attached hydrogens (primary N) is 1. The van der Waals surface area contributed by atoms with E-state index in [9.17, 15) is 4.79 Å². The van der Waals surface area contributed by atoms with E-state index in [0.717, 1.165) is 38.5 Å². The highest BCUT2D eigenvalue weighted by Gasteiger charge is 2.24. The fraction of sp³-hybridized carbons (Fsp3) is 0.917. The smallest absolute Gasteiger partial charge is 0.136 e. The topological polar surface area (TPSA) is 43.1 Å². The minimum Gasteiger partial charge on any atom is -0.328 e. The highest BCUT2D eigenvalue weighted by molar-refractivity contribution is 5.81. The summed E-state index contributed by atoms with van der Waals surface area (Å²) < 4.78 is 0. The van der Waals surface area contributed by atoms with Gasteiger partial charge in [-0.25, -0.2) is 0 Å². The van der Waals surface area contributed by atoms with E-state index in [1.54, 1.807) is 0 Å². The van der Waals surface area contributed by atoms with Gasteiger partial charge in [0.1, 0.15) is 5.78 Å². The molecular weight excluding hydrogens is 174 g/mol. The van der Waals surface area contributed by atoms with E-state index >= 15 is 0 Å². The van der Waals surface area contributed by atoms with Gasteiger partial charge in [0.25, 0.3) is 0 Å². The summed E-state index contributed by atoms with van der Waals surface area (Å²) in [5, 5.41) is 0. The second-order valence-electron chi connectivity index (χ2n) is 4.80. The van der Waals surface area contributed by atoms with Crippen LogP contribution in [0.5, 0.6) is 0 Å². The van der Waals surface area contributed by atoms with Gasteiger partial charge in [0.15, 0.2) is 0 Å². The number of Topliss-reactive ketones (excluding diaryl/α,β-unsaturated/α-hetero) is 1. The number of carbonyl (C=O) groups excluding carboxylic acids is 1. The van der Waals surface area contributed by atoms with Crippen LogP contribution in [0.25, 0.3) is 0 Å². The van der Waals surface area contributed by atoms with Crippen molar-refractivity contribution >= 4 is 5.78 Å². The van der Waals surface area contributed by atoms with Crippen LogP contribution in [0.4, 0.5) is 0 Å². The van der Waals surface area contributed by atoms with E-state index in [1.165, 1.54) is 0 Å². The molecule has 1 atom stereocenters. The Hall–Kier alpha value is -0.370. The Morgan fingerprint density at radius 2 is 1.93 bits per heavy atom. The average molecular weight is 197 g/mol. The first kappa shape index (κ1) is 11.7. The molecule has 2 nitrogen and oxygen atoms in total. The normalized spacial score (nSPS) is 29.9. The second-order valence-corrected chi connectivity index (χ2v) is 4.80. The van der Waals surface area contributed by atoms with E-state index in [-0.39, 0.29) is 0 Å². The minimum absolute atomic E-state index is 0.323. The summed E-state index contributed by atoms with van der Waals surface area (Å²) in [6.45, 7) is 4.31. The summed E-state index contributed by atoms with van der Waals surface area (Å²) in [6, 6.07) is 0.350. The molecule has 0 aromatic carbocycles.